The molecule has 20 heavy (non-hydrogen) atoms. The van der Waals surface area contributed by atoms with Gasteiger partial charge < -0.3 is 11.1 Å². The normalized spacial score (nSPS) is 14.1. The minimum atomic E-state index is -0.127. The van der Waals surface area contributed by atoms with E-state index in [9.17, 15) is 4.79 Å². The number of carbonyl (C=O) groups is 1. The molecule has 0 spiro atoms. The lowest BCUT2D eigenvalue weighted by molar-refractivity contribution is -0.121. The van der Waals surface area contributed by atoms with E-state index in [4.69, 9.17) is 5.73 Å². The third-order valence-electron chi connectivity index (χ3n) is 2.88. The van der Waals surface area contributed by atoms with Gasteiger partial charge in [0.05, 0.1) is 5.25 Å². The zero-order chi connectivity index (χ0) is 15.1. The molecule has 5 heteroatoms. The Morgan fingerprint density at radius 2 is 1.90 bits per heavy atom. The van der Waals surface area contributed by atoms with Crippen molar-refractivity contribution >= 4 is 33.6 Å². The molecule has 3 nitrogen and oxygen atoms in total. The first kappa shape index (κ1) is 17.5. The Morgan fingerprint density at radius 1 is 1.30 bits per heavy atom. The molecule has 0 bridgehead atoms. The molecule has 0 radical (unpaired) electrons. The highest BCUT2D eigenvalue weighted by atomic mass is 79.9. The van der Waals surface area contributed by atoms with Gasteiger partial charge in [0.1, 0.15) is 0 Å². The highest BCUT2D eigenvalue weighted by molar-refractivity contribution is 9.10. The molecular weight excluding hydrogens is 336 g/mol. The maximum absolute atomic E-state index is 12.2. The summed E-state index contributed by atoms with van der Waals surface area (Å²) in [6.07, 6.45) is 0.915. The number of hydrogen-bond acceptors (Lipinski definition) is 3. The van der Waals surface area contributed by atoms with Gasteiger partial charge in [-0.05, 0) is 43.5 Å². The third kappa shape index (κ3) is 6.29. The number of benzene rings is 1. The van der Waals surface area contributed by atoms with Crippen LogP contribution in [0.3, 0.4) is 0 Å². The minimum absolute atomic E-state index is 0.0500. The van der Waals surface area contributed by atoms with E-state index >= 15 is 0 Å². The van der Waals surface area contributed by atoms with E-state index < -0.39 is 0 Å². The number of halogens is 1. The van der Waals surface area contributed by atoms with Crippen LogP contribution in [0.15, 0.2) is 33.6 Å². The van der Waals surface area contributed by atoms with E-state index in [1.165, 1.54) is 0 Å². The van der Waals surface area contributed by atoms with E-state index in [1.807, 2.05) is 31.2 Å². The highest BCUT2D eigenvalue weighted by Crippen LogP contribution is 2.25. The number of carbonyl (C=O) groups excluding carboxylic acids is 1. The number of amides is 1. The molecule has 0 aliphatic heterocycles. The Balaban J connectivity index is 2.51. The van der Waals surface area contributed by atoms with Crippen molar-refractivity contribution in [2.75, 3.05) is 6.54 Å². The first-order chi connectivity index (χ1) is 9.42. The molecule has 0 saturated carbocycles. The summed E-state index contributed by atoms with van der Waals surface area (Å²) < 4.78 is 1.04. The van der Waals surface area contributed by atoms with Gasteiger partial charge in [-0.25, -0.2) is 0 Å². The number of nitrogens with two attached hydrogens (primary N) is 1. The summed E-state index contributed by atoms with van der Waals surface area (Å²) in [6.45, 7) is 6.67. The lowest BCUT2D eigenvalue weighted by Crippen LogP contribution is -2.44. The maximum Gasteiger partial charge on any atom is 0.233 e. The van der Waals surface area contributed by atoms with E-state index in [-0.39, 0.29) is 17.2 Å². The second kappa shape index (κ2) is 8.70. The smallest absolute Gasteiger partial charge is 0.233 e. The van der Waals surface area contributed by atoms with Crippen molar-refractivity contribution in [3.05, 3.63) is 28.7 Å². The molecule has 1 aromatic rings. The summed E-state index contributed by atoms with van der Waals surface area (Å²) in [4.78, 5) is 13.3. The summed E-state index contributed by atoms with van der Waals surface area (Å²) in [5, 5.41) is 2.91. The Hall–Kier alpha value is -0.520. The van der Waals surface area contributed by atoms with Gasteiger partial charge in [0.2, 0.25) is 5.91 Å². The Morgan fingerprint density at radius 3 is 2.40 bits per heavy atom. The number of hydrogen-bond donors (Lipinski definition) is 2. The molecule has 1 aromatic carbocycles. The van der Waals surface area contributed by atoms with Crippen molar-refractivity contribution in [1.29, 1.82) is 0 Å². The topological polar surface area (TPSA) is 55.1 Å². The lowest BCUT2D eigenvalue weighted by Gasteiger charge is -2.21. The average molecular weight is 359 g/mol. The summed E-state index contributed by atoms with van der Waals surface area (Å²) in [7, 11) is 0. The molecule has 0 heterocycles. The molecular formula is C15H23BrN2OS. The lowest BCUT2D eigenvalue weighted by atomic mass is 10.0. The van der Waals surface area contributed by atoms with Crippen LogP contribution in [0, 0.1) is 5.92 Å². The van der Waals surface area contributed by atoms with E-state index in [2.05, 4.69) is 35.1 Å². The van der Waals surface area contributed by atoms with Crippen LogP contribution in [-0.4, -0.2) is 23.7 Å². The fourth-order valence-corrected chi connectivity index (χ4v) is 3.01. The van der Waals surface area contributed by atoms with Gasteiger partial charge in [-0.1, -0.05) is 29.8 Å². The first-order valence-electron chi connectivity index (χ1n) is 6.85. The highest BCUT2D eigenvalue weighted by Gasteiger charge is 2.18. The first-order valence-corrected chi connectivity index (χ1v) is 8.52. The Labute approximate surface area is 134 Å². The van der Waals surface area contributed by atoms with Gasteiger partial charge in [0.15, 0.2) is 0 Å². The molecule has 0 aromatic heterocycles. The predicted molar refractivity (Wildman–Crippen MR) is 89.9 cm³/mol. The van der Waals surface area contributed by atoms with Crippen LogP contribution >= 0.6 is 27.7 Å². The van der Waals surface area contributed by atoms with Crippen molar-refractivity contribution in [1.82, 2.24) is 5.32 Å². The van der Waals surface area contributed by atoms with Gasteiger partial charge in [-0.2, -0.15) is 0 Å². The quantitative estimate of drug-likeness (QED) is 0.734. The van der Waals surface area contributed by atoms with Gasteiger partial charge in [0.25, 0.3) is 0 Å². The molecule has 2 atom stereocenters. The van der Waals surface area contributed by atoms with Crippen molar-refractivity contribution in [3.63, 3.8) is 0 Å². The number of thioether (sulfide) groups is 1. The van der Waals surface area contributed by atoms with Crippen LogP contribution in [0.25, 0.3) is 0 Å². The van der Waals surface area contributed by atoms with Crippen molar-refractivity contribution in [2.24, 2.45) is 11.7 Å². The monoisotopic (exact) mass is 358 g/mol. The average Bonchev–Trinajstić information content (AvgIpc) is 2.39. The largest absolute Gasteiger partial charge is 0.351 e. The van der Waals surface area contributed by atoms with Gasteiger partial charge in [-0.15, -0.1) is 11.8 Å². The minimum Gasteiger partial charge on any atom is -0.351 e. The molecule has 0 saturated heterocycles. The summed E-state index contributed by atoms with van der Waals surface area (Å²) in [5.74, 6) is 0.576. The number of nitrogens with one attached hydrogen (secondary N) is 1. The summed E-state index contributed by atoms with van der Waals surface area (Å²) in [5.41, 5.74) is 5.71. The van der Waals surface area contributed by atoms with Crippen LogP contribution in [0.5, 0.6) is 0 Å². The van der Waals surface area contributed by atoms with Crippen LogP contribution in [0.1, 0.15) is 27.2 Å². The maximum atomic E-state index is 12.2. The van der Waals surface area contributed by atoms with E-state index in [0.717, 1.165) is 15.8 Å². The molecule has 1 amide bonds. The zero-order valence-electron chi connectivity index (χ0n) is 12.2. The molecule has 112 valence electrons. The molecule has 2 unspecified atom stereocenters. The molecule has 3 N–H and O–H groups in total. The summed E-state index contributed by atoms with van der Waals surface area (Å²) >= 11 is 4.96. The zero-order valence-corrected chi connectivity index (χ0v) is 14.6. The predicted octanol–water partition coefficient (Wildman–Crippen LogP) is 3.42. The second-order valence-corrected chi connectivity index (χ2v) is 7.61. The Kier molecular flexibility index (Phi) is 7.62. The van der Waals surface area contributed by atoms with E-state index in [0.29, 0.717) is 12.5 Å². The van der Waals surface area contributed by atoms with Crippen LogP contribution in [-0.2, 0) is 4.79 Å². The van der Waals surface area contributed by atoms with Gasteiger partial charge in [-0.3, -0.25) is 4.79 Å². The van der Waals surface area contributed by atoms with Gasteiger partial charge in [0, 0.05) is 22.0 Å². The number of rotatable bonds is 7. The standard InChI is InChI=1S/C15H23BrN2OS/c1-10(2)8-13(9-17)18-15(19)11(3)20-14-6-4-12(16)5-7-14/h4-7,10-11,13H,8-9,17H2,1-3H3,(H,18,19). The third-order valence-corrected chi connectivity index (χ3v) is 4.52. The van der Waals surface area contributed by atoms with E-state index in [1.54, 1.807) is 11.8 Å². The van der Waals surface area contributed by atoms with Crippen LogP contribution in [0.4, 0.5) is 0 Å². The van der Waals surface area contributed by atoms with Crippen LogP contribution in [0.2, 0.25) is 0 Å². The van der Waals surface area contributed by atoms with Crippen LogP contribution < -0.4 is 11.1 Å². The fourth-order valence-electron chi connectivity index (χ4n) is 1.87. The second-order valence-electron chi connectivity index (χ2n) is 5.28. The summed E-state index contributed by atoms with van der Waals surface area (Å²) in [6, 6.07) is 8.04. The molecule has 0 fully saturated rings. The van der Waals surface area contributed by atoms with Crippen molar-refractivity contribution < 1.29 is 4.79 Å². The Bertz CT molecular complexity index is 422. The molecule has 0 aliphatic rings. The SMILES string of the molecule is CC(C)CC(CN)NC(=O)C(C)Sc1ccc(Br)cc1. The fraction of sp³-hybridized carbons (Fsp3) is 0.533. The van der Waals surface area contributed by atoms with Gasteiger partial charge >= 0.3 is 0 Å². The van der Waals surface area contributed by atoms with Crippen molar-refractivity contribution in [3.8, 4) is 0 Å². The van der Waals surface area contributed by atoms with Crippen molar-refractivity contribution in [2.45, 2.75) is 43.4 Å². The molecule has 1 rings (SSSR count). The molecule has 0 aliphatic carbocycles.